The van der Waals surface area contributed by atoms with E-state index in [1.165, 1.54) is 25.1 Å². The second-order valence-electron chi connectivity index (χ2n) is 4.39. The van der Waals surface area contributed by atoms with Gasteiger partial charge in [0, 0.05) is 12.1 Å². The molecule has 0 aromatic carbocycles. The van der Waals surface area contributed by atoms with E-state index < -0.39 is 5.97 Å². The monoisotopic (exact) mass is 244 g/mol. The van der Waals surface area contributed by atoms with Gasteiger partial charge in [0.05, 0.1) is 23.1 Å². The first kappa shape index (κ1) is 10.8. The predicted octanol–water partition coefficient (Wildman–Crippen LogP) is 1.43. The SMILES string of the molecule is Nc1cnc(-n2ccc(C3CC3)n2)cc1C(=O)O. The number of rotatable bonds is 3. The molecule has 0 radical (unpaired) electrons. The van der Waals surface area contributed by atoms with Crippen LogP contribution in [0.25, 0.3) is 5.82 Å². The van der Waals surface area contributed by atoms with Gasteiger partial charge in [-0.3, -0.25) is 0 Å². The molecular weight excluding hydrogens is 232 g/mol. The van der Waals surface area contributed by atoms with E-state index in [9.17, 15) is 4.79 Å². The van der Waals surface area contributed by atoms with E-state index in [0.29, 0.717) is 11.7 Å². The van der Waals surface area contributed by atoms with E-state index in [2.05, 4.69) is 10.1 Å². The van der Waals surface area contributed by atoms with Crippen molar-refractivity contribution in [1.82, 2.24) is 14.8 Å². The number of nitrogen functional groups attached to an aromatic ring is 1. The number of aromatic carboxylic acids is 1. The van der Waals surface area contributed by atoms with Crippen molar-refractivity contribution in [2.75, 3.05) is 5.73 Å². The van der Waals surface area contributed by atoms with E-state index in [-0.39, 0.29) is 11.3 Å². The normalized spacial score (nSPS) is 14.7. The van der Waals surface area contributed by atoms with Gasteiger partial charge in [0.2, 0.25) is 0 Å². The van der Waals surface area contributed by atoms with E-state index in [1.807, 2.05) is 6.07 Å². The molecule has 2 aromatic heterocycles. The minimum atomic E-state index is -1.06. The number of anilines is 1. The smallest absolute Gasteiger partial charge is 0.337 e. The van der Waals surface area contributed by atoms with Gasteiger partial charge in [-0.1, -0.05) is 0 Å². The van der Waals surface area contributed by atoms with E-state index in [1.54, 1.807) is 10.9 Å². The number of carbonyl (C=O) groups is 1. The fourth-order valence-corrected chi connectivity index (χ4v) is 1.83. The van der Waals surface area contributed by atoms with Gasteiger partial charge in [0.15, 0.2) is 5.82 Å². The van der Waals surface area contributed by atoms with Gasteiger partial charge >= 0.3 is 5.97 Å². The standard InChI is InChI=1S/C12H12N4O2/c13-9-6-14-11(5-8(9)12(17)18)16-4-3-10(15-16)7-1-2-7/h3-7H,1-2,13H2,(H,17,18). The van der Waals surface area contributed by atoms with Gasteiger partial charge in [0.1, 0.15) is 0 Å². The molecule has 0 bridgehead atoms. The third kappa shape index (κ3) is 1.81. The number of aromatic nitrogens is 3. The largest absolute Gasteiger partial charge is 0.478 e. The summed E-state index contributed by atoms with van der Waals surface area (Å²) >= 11 is 0. The zero-order valence-corrected chi connectivity index (χ0v) is 9.58. The summed E-state index contributed by atoms with van der Waals surface area (Å²) in [6, 6.07) is 3.37. The molecule has 2 heterocycles. The molecule has 0 aliphatic heterocycles. The highest BCUT2D eigenvalue weighted by molar-refractivity contribution is 5.93. The molecule has 92 valence electrons. The summed E-state index contributed by atoms with van der Waals surface area (Å²) in [5.74, 6) is -0.0433. The van der Waals surface area contributed by atoms with Crippen LogP contribution in [0.15, 0.2) is 24.5 Å². The number of hydrogen-bond acceptors (Lipinski definition) is 4. The van der Waals surface area contributed by atoms with Crippen molar-refractivity contribution >= 4 is 11.7 Å². The fourth-order valence-electron chi connectivity index (χ4n) is 1.83. The van der Waals surface area contributed by atoms with Crippen LogP contribution in [-0.2, 0) is 0 Å². The number of carboxylic acid groups (broad SMARTS) is 1. The maximum absolute atomic E-state index is 11.0. The van der Waals surface area contributed by atoms with Gasteiger partial charge in [-0.25, -0.2) is 14.5 Å². The first-order valence-electron chi connectivity index (χ1n) is 5.70. The predicted molar refractivity (Wildman–Crippen MR) is 64.7 cm³/mol. The molecular formula is C12H12N4O2. The van der Waals surface area contributed by atoms with Gasteiger partial charge in [-0.15, -0.1) is 0 Å². The summed E-state index contributed by atoms with van der Waals surface area (Å²) in [5, 5.41) is 13.4. The summed E-state index contributed by atoms with van der Waals surface area (Å²) in [6.07, 6.45) is 5.48. The third-order valence-corrected chi connectivity index (χ3v) is 2.99. The summed E-state index contributed by atoms with van der Waals surface area (Å²) < 4.78 is 1.58. The van der Waals surface area contributed by atoms with Crippen molar-refractivity contribution in [1.29, 1.82) is 0 Å². The average molecular weight is 244 g/mol. The quantitative estimate of drug-likeness (QED) is 0.851. The van der Waals surface area contributed by atoms with Crippen LogP contribution in [0, 0.1) is 0 Å². The summed E-state index contributed by atoms with van der Waals surface area (Å²) in [7, 11) is 0. The molecule has 0 unspecified atom stereocenters. The Labute approximate surface area is 103 Å². The summed E-state index contributed by atoms with van der Waals surface area (Å²) in [4.78, 5) is 15.1. The number of carboxylic acids is 1. The first-order chi connectivity index (χ1) is 8.65. The lowest BCUT2D eigenvalue weighted by molar-refractivity contribution is 0.0698. The summed E-state index contributed by atoms with van der Waals surface area (Å²) in [6.45, 7) is 0. The maximum atomic E-state index is 11.0. The van der Waals surface area contributed by atoms with Gasteiger partial charge in [-0.2, -0.15) is 5.10 Å². The van der Waals surface area contributed by atoms with Crippen LogP contribution in [-0.4, -0.2) is 25.8 Å². The Bertz CT molecular complexity index is 616. The van der Waals surface area contributed by atoms with E-state index >= 15 is 0 Å². The van der Waals surface area contributed by atoms with Crippen molar-refractivity contribution < 1.29 is 9.90 Å². The molecule has 1 saturated carbocycles. The Morgan fingerprint density at radius 1 is 1.50 bits per heavy atom. The third-order valence-electron chi connectivity index (χ3n) is 2.99. The highest BCUT2D eigenvalue weighted by atomic mass is 16.4. The van der Waals surface area contributed by atoms with Crippen molar-refractivity contribution in [3.63, 3.8) is 0 Å². The van der Waals surface area contributed by atoms with Crippen molar-refractivity contribution in [2.45, 2.75) is 18.8 Å². The number of pyridine rings is 1. The molecule has 6 nitrogen and oxygen atoms in total. The molecule has 2 aromatic rings. The molecule has 1 fully saturated rings. The molecule has 18 heavy (non-hydrogen) atoms. The van der Waals surface area contributed by atoms with E-state index in [0.717, 1.165) is 5.69 Å². The molecule has 0 saturated heterocycles. The second-order valence-corrected chi connectivity index (χ2v) is 4.39. The van der Waals surface area contributed by atoms with Crippen molar-refractivity contribution in [3.05, 3.63) is 35.8 Å². The Hall–Kier alpha value is -2.37. The highest BCUT2D eigenvalue weighted by Gasteiger charge is 2.26. The van der Waals surface area contributed by atoms with Crippen LogP contribution < -0.4 is 5.73 Å². The Balaban J connectivity index is 1.99. The molecule has 0 spiro atoms. The molecule has 0 atom stereocenters. The molecule has 1 aliphatic rings. The minimum absolute atomic E-state index is 0.0449. The van der Waals surface area contributed by atoms with Crippen LogP contribution in [0.2, 0.25) is 0 Å². The topological polar surface area (TPSA) is 94.0 Å². The van der Waals surface area contributed by atoms with Crippen LogP contribution in [0.4, 0.5) is 5.69 Å². The highest BCUT2D eigenvalue weighted by Crippen LogP contribution is 2.38. The Kier molecular flexibility index (Phi) is 2.29. The molecule has 3 N–H and O–H groups in total. The number of hydrogen-bond donors (Lipinski definition) is 2. The number of nitrogens with zero attached hydrogens (tertiary/aromatic N) is 3. The lowest BCUT2D eigenvalue weighted by atomic mass is 10.2. The lowest BCUT2D eigenvalue weighted by Crippen LogP contribution is -2.07. The van der Waals surface area contributed by atoms with Crippen molar-refractivity contribution in [3.8, 4) is 5.82 Å². The number of nitrogens with two attached hydrogens (primary N) is 1. The first-order valence-corrected chi connectivity index (χ1v) is 5.70. The lowest BCUT2D eigenvalue weighted by Gasteiger charge is -2.04. The van der Waals surface area contributed by atoms with Gasteiger partial charge in [0.25, 0.3) is 0 Å². The van der Waals surface area contributed by atoms with Crippen LogP contribution >= 0.6 is 0 Å². The molecule has 3 rings (SSSR count). The van der Waals surface area contributed by atoms with Crippen LogP contribution in [0.5, 0.6) is 0 Å². The van der Waals surface area contributed by atoms with E-state index in [4.69, 9.17) is 10.8 Å². The molecule has 1 aliphatic carbocycles. The Morgan fingerprint density at radius 2 is 2.28 bits per heavy atom. The van der Waals surface area contributed by atoms with Gasteiger partial charge in [-0.05, 0) is 25.0 Å². The maximum Gasteiger partial charge on any atom is 0.337 e. The summed E-state index contributed by atoms with van der Waals surface area (Å²) in [5.41, 5.74) is 6.79. The van der Waals surface area contributed by atoms with Crippen LogP contribution in [0.3, 0.4) is 0 Å². The van der Waals surface area contributed by atoms with Gasteiger partial charge < -0.3 is 10.8 Å². The average Bonchev–Trinajstić information content (AvgIpc) is 3.08. The molecule has 6 heteroatoms. The zero-order chi connectivity index (χ0) is 12.7. The van der Waals surface area contributed by atoms with Crippen molar-refractivity contribution in [2.24, 2.45) is 0 Å². The zero-order valence-electron chi connectivity index (χ0n) is 9.58. The molecule has 0 amide bonds. The fraction of sp³-hybridized carbons (Fsp3) is 0.250. The second kappa shape index (κ2) is 3.83. The Morgan fingerprint density at radius 3 is 2.94 bits per heavy atom. The van der Waals surface area contributed by atoms with Crippen LogP contribution in [0.1, 0.15) is 34.8 Å². The minimum Gasteiger partial charge on any atom is -0.478 e.